The smallest absolute Gasteiger partial charge is 0.322 e. The molecule has 0 aliphatic carbocycles. The van der Waals surface area contributed by atoms with Crippen LogP contribution in [0, 0.1) is 0 Å². The van der Waals surface area contributed by atoms with E-state index in [9.17, 15) is 4.79 Å². The summed E-state index contributed by atoms with van der Waals surface area (Å²) < 4.78 is 5.00. The molecule has 1 aromatic rings. The number of nitrogens with two attached hydrogens (primary N) is 1. The zero-order chi connectivity index (χ0) is 12.0. The topological polar surface area (TPSA) is 84.6 Å². The number of nitrogens with one attached hydrogen (secondary N) is 1. The predicted molar refractivity (Wildman–Crippen MR) is 61.3 cm³/mol. The number of ether oxygens (including phenoxy) is 1. The molecule has 5 heteroatoms. The predicted octanol–water partition coefficient (Wildman–Crippen LogP) is 0.657. The third-order valence-corrected chi connectivity index (χ3v) is 2.08. The highest BCUT2D eigenvalue weighted by Crippen LogP contribution is 2.11. The second-order valence-corrected chi connectivity index (χ2v) is 3.46. The van der Waals surface area contributed by atoms with E-state index >= 15 is 0 Å². The number of hydrogen-bond acceptors (Lipinski definition) is 4. The van der Waals surface area contributed by atoms with Crippen LogP contribution in [0.2, 0.25) is 0 Å². The molecule has 16 heavy (non-hydrogen) atoms. The molecule has 0 amide bonds. The second kappa shape index (κ2) is 6.09. The molecular formula is C11H16N2O3. The third kappa shape index (κ3) is 3.88. The lowest BCUT2D eigenvalue weighted by atomic mass is 10.2. The maximum atomic E-state index is 10.5. The van der Waals surface area contributed by atoms with Gasteiger partial charge in [-0.3, -0.25) is 4.79 Å². The second-order valence-electron chi connectivity index (χ2n) is 3.46. The number of rotatable bonds is 6. The minimum atomic E-state index is -1.01. The number of hydrogen-bond donors (Lipinski definition) is 3. The van der Waals surface area contributed by atoms with Crippen LogP contribution in [0.4, 0.5) is 5.69 Å². The summed E-state index contributed by atoms with van der Waals surface area (Å²) in [5.74, 6) is -1.01. The molecule has 4 N–H and O–H groups in total. The molecule has 0 radical (unpaired) electrons. The largest absolute Gasteiger partial charge is 0.480 e. The van der Waals surface area contributed by atoms with Gasteiger partial charge in [0.1, 0.15) is 6.04 Å². The Hall–Kier alpha value is -1.59. The van der Waals surface area contributed by atoms with Crippen LogP contribution < -0.4 is 11.1 Å². The van der Waals surface area contributed by atoms with Gasteiger partial charge in [0.15, 0.2) is 0 Å². The summed E-state index contributed by atoms with van der Waals surface area (Å²) >= 11 is 0. The van der Waals surface area contributed by atoms with E-state index in [1.165, 1.54) is 0 Å². The number of aliphatic carboxylic acids is 1. The Morgan fingerprint density at radius 3 is 3.00 bits per heavy atom. The molecule has 0 heterocycles. The SMILES string of the molecule is COCc1cccc(NCC(N)C(=O)O)c1. The molecule has 1 rings (SSSR count). The van der Waals surface area contributed by atoms with Crippen LogP contribution in [0.25, 0.3) is 0 Å². The van der Waals surface area contributed by atoms with Crippen molar-refractivity contribution in [1.29, 1.82) is 0 Å². The van der Waals surface area contributed by atoms with E-state index < -0.39 is 12.0 Å². The Morgan fingerprint density at radius 2 is 2.38 bits per heavy atom. The molecule has 0 fully saturated rings. The molecule has 1 unspecified atom stereocenters. The van der Waals surface area contributed by atoms with Crippen molar-refractivity contribution in [3.8, 4) is 0 Å². The lowest BCUT2D eigenvalue weighted by molar-refractivity contribution is -0.138. The van der Waals surface area contributed by atoms with Crippen LogP contribution in [0.3, 0.4) is 0 Å². The van der Waals surface area contributed by atoms with Crippen LogP contribution in [0.15, 0.2) is 24.3 Å². The van der Waals surface area contributed by atoms with Crippen molar-refractivity contribution in [3.63, 3.8) is 0 Å². The molecule has 0 bridgehead atoms. The molecule has 1 atom stereocenters. The Morgan fingerprint density at radius 1 is 1.62 bits per heavy atom. The van der Waals surface area contributed by atoms with E-state index in [0.717, 1.165) is 11.3 Å². The first-order valence-corrected chi connectivity index (χ1v) is 4.93. The summed E-state index contributed by atoms with van der Waals surface area (Å²) in [7, 11) is 1.63. The number of carbonyl (C=O) groups is 1. The van der Waals surface area contributed by atoms with E-state index in [1.807, 2.05) is 24.3 Å². The Labute approximate surface area is 94.2 Å². The molecule has 0 aromatic heterocycles. The summed E-state index contributed by atoms with van der Waals surface area (Å²) in [6, 6.07) is 6.67. The molecule has 5 nitrogen and oxygen atoms in total. The summed E-state index contributed by atoms with van der Waals surface area (Å²) in [4.78, 5) is 10.5. The Kier molecular flexibility index (Phi) is 4.75. The minimum Gasteiger partial charge on any atom is -0.480 e. The normalized spacial score (nSPS) is 12.1. The Balaban J connectivity index is 2.53. The van der Waals surface area contributed by atoms with Crippen molar-refractivity contribution in [3.05, 3.63) is 29.8 Å². The van der Waals surface area contributed by atoms with Gasteiger partial charge < -0.3 is 20.9 Å². The molecule has 0 aliphatic heterocycles. The third-order valence-electron chi connectivity index (χ3n) is 2.08. The van der Waals surface area contributed by atoms with Gasteiger partial charge in [-0.1, -0.05) is 12.1 Å². The van der Waals surface area contributed by atoms with Crippen molar-refractivity contribution in [2.24, 2.45) is 5.73 Å². The standard InChI is InChI=1S/C11H16N2O3/c1-16-7-8-3-2-4-9(5-8)13-6-10(12)11(14)15/h2-5,10,13H,6-7,12H2,1H3,(H,14,15). The van der Waals surface area contributed by atoms with E-state index in [4.69, 9.17) is 15.6 Å². The number of carboxylic acids is 1. The zero-order valence-electron chi connectivity index (χ0n) is 9.14. The lowest BCUT2D eigenvalue weighted by Gasteiger charge is -2.10. The van der Waals surface area contributed by atoms with Gasteiger partial charge in [0.25, 0.3) is 0 Å². The van der Waals surface area contributed by atoms with E-state index in [0.29, 0.717) is 6.61 Å². The van der Waals surface area contributed by atoms with Crippen molar-refractivity contribution < 1.29 is 14.6 Å². The maximum absolute atomic E-state index is 10.5. The first kappa shape index (κ1) is 12.5. The molecule has 1 aromatic carbocycles. The van der Waals surface area contributed by atoms with Crippen LogP contribution in [-0.4, -0.2) is 30.8 Å². The van der Waals surface area contributed by atoms with E-state index in [1.54, 1.807) is 7.11 Å². The fourth-order valence-electron chi connectivity index (χ4n) is 1.25. The van der Waals surface area contributed by atoms with Gasteiger partial charge in [0.2, 0.25) is 0 Å². The highest BCUT2D eigenvalue weighted by Gasteiger charge is 2.10. The fraction of sp³-hybridized carbons (Fsp3) is 0.364. The highest BCUT2D eigenvalue weighted by atomic mass is 16.5. The molecule has 0 saturated heterocycles. The number of anilines is 1. The van der Waals surface area contributed by atoms with Crippen LogP contribution in [0.5, 0.6) is 0 Å². The Bertz CT molecular complexity index is 355. The van der Waals surface area contributed by atoms with Crippen LogP contribution >= 0.6 is 0 Å². The quantitative estimate of drug-likeness (QED) is 0.661. The zero-order valence-corrected chi connectivity index (χ0v) is 9.14. The summed E-state index contributed by atoms with van der Waals surface area (Å²) in [5, 5.41) is 11.6. The van der Waals surface area contributed by atoms with Gasteiger partial charge in [0.05, 0.1) is 6.61 Å². The number of benzene rings is 1. The van der Waals surface area contributed by atoms with Crippen molar-refractivity contribution in [1.82, 2.24) is 0 Å². The average Bonchev–Trinajstić information content (AvgIpc) is 2.26. The fourth-order valence-corrected chi connectivity index (χ4v) is 1.25. The number of carboxylic acid groups (broad SMARTS) is 1. The average molecular weight is 224 g/mol. The minimum absolute atomic E-state index is 0.200. The molecule has 0 spiro atoms. The first-order chi connectivity index (χ1) is 7.63. The van der Waals surface area contributed by atoms with Gasteiger partial charge in [-0.15, -0.1) is 0 Å². The lowest BCUT2D eigenvalue weighted by Crippen LogP contribution is -2.36. The molecule has 0 aliphatic rings. The van der Waals surface area contributed by atoms with Crippen molar-refractivity contribution in [2.45, 2.75) is 12.6 Å². The van der Waals surface area contributed by atoms with Gasteiger partial charge in [-0.05, 0) is 17.7 Å². The highest BCUT2D eigenvalue weighted by molar-refractivity contribution is 5.74. The number of methoxy groups -OCH3 is 1. The maximum Gasteiger partial charge on any atom is 0.322 e. The molecule has 88 valence electrons. The first-order valence-electron chi connectivity index (χ1n) is 4.93. The van der Waals surface area contributed by atoms with E-state index in [2.05, 4.69) is 5.32 Å². The van der Waals surface area contributed by atoms with Gasteiger partial charge in [-0.25, -0.2) is 0 Å². The van der Waals surface area contributed by atoms with Gasteiger partial charge in [0, 0.05) is 19.3 Å². The van der Waals surface area contributed by atoms with E-state index in [-0.39, 0.29) is 6.54 Å². The van der Waals surface area contributed by atoms with Gasteiger partial charge >= 0.3 is 5.97 Å². The van der Waals surface area contributed by atoms with Crippen LogP contribution in [0.1, 0.15) is 5.56 Å². The summed E-state index contributed by atoms with van der Waals surface area (Å²) in [5.41, 5.74) is 7.24. The van der Waals surface area contributed by atoms with Crippen LogP contribution in [-0.2, 0) is 16.1 Å². The monoisotopic (exact) mass is 224 g/mol. The van der Waals surface area contributed by atoms with Crippen molar-refractivity contribution >= 4 is 11.7 Å². The molecule has 0 saturated carbocycles. The van der Waals surface area contributed by atoms with Gasteiger partial charge in [-0.2, -0.15) is 0 Å². The summed E-state index contributed by atoms with van der Waals surface area (Å²) in [6.45, 7) is 0.728. The summed E-state index contributed by atoms with van der Waals surface area (Å²) in [6.07, 6.45) is 0. The molecular weight excluding hydrogens is 208 g/mol. The van der Waals surface area contributed by atoms with Crippen molar-refractivity contribution in [2.75, 3.05) is 19.0 Å².